The molecule has 0 radical (unpaired) electrons. The zero-order chi connectivity index (χ0) is 26.3. The third-order valence-corrected chi connectivity index (χ3v) is 6.68. The first-order valence-corrected chi connectivity index (χ1v) is 12.9. The van der Waals surface area contributed by atoms with Crippen molar-refractivity contribution in [2.24, 2.45) is 0 Å². The standard InChI is InChI=1S/C28H23ClN6O2S/c1-37-20-9-10-22(29)25(16-20)34-26-27(33-24-8-3-2-7-23(24)32-26)35-38-21-6-4-5-19(15-21)28(36)31-17-18-11-13-30-14-12-18/h2-16H,17H2,1H3,(H,31,36)(H,32,34)(H,33,35). The van der Waals surface area contributed by atoms with Crippen LogP contribution in [0.2, 0.25) is 5.02 Å². The molecule has 0 aliphatic rings. The Bertz CT molecular complexity index is 1590. The molecule has 8 nitrogen and oxygen atoms in total. The lowest BCUT2D eigenvalue weighted by Crippen LogP contribution is -2.22. The molecule has 5 rings (SSSR count). The van der Waals surface area contributed by atoms with Crippen LogP contribution >= 0.6 is 23.5 Å². The van der Waals surface area contributed by atoms with Crippen LogP contribution in [-0.2, 0) is 6.54 Å². The Morgan fingerprint density at radius 2 is 1.68 bits per heavy atom. The van der Waals surface area contributed by atoms with Crippen molar-refractivity contribution in [2.45, 2.75) is 11.4 Å². The monoisotopic (exact) mass is 542 g/mol. The third kappa shape index (κ3) is 6.13. The summed E-state index contributed by atoms with van der Waals surface area (Å²) in [6.45, 7) is 0.422. The number of pyridine rings is 1. The highest BCUT2D eigenvalue weighted by atomic mass is 35.5. The lowest BCUT2D eigenvalue weighted by atomic mass is 10.2. The van der Waals surface area contributed by atoms with Gasteiger partial charge in [-0.2, -0.15) is 0 Å². The first-order chi connectivity index (χ1) is 18.6. The van der Waals surface area contributed by atoms with Crippen molar-refractivity contribution in [2.75, 3.05) is 17.1 Å². The van der Waals surface area contributed by atoms with E-state index in [-0.39, 0.29) is 5.91 Å². The largest absolute Gasteiger partial charge is 0.497 e. The Morgan fingerprint density at radius 1 is 0.921 bits per heavy atom. The highest BCUT2D eigenvalue weighted by molar-refractivity contribution is 8.00. The van der Waals surface area contributed by atoms with E-state index < -0.39 is 0 Å². The van der Waals surface area contributed by atoms with E-state index in [2.05, 4.69) is 20.3 Å². The van der Waals surface area contributed by atoms with Crippen LogP contribution in [0.5, 0.6) is 5.75 Å². The maximum atomic E-state index is 12.7. The minimum atomic E-state index is -0.162. The molecule has 2 heterocycles. The molecule has 0 spiro atoms. The summed E-state index contributed by atoms with van der Waals surface area (Å²) in [6.07, 6.45) is 3.40. The zero-order valence-electron chi connectivity index (χ0n) is 20.3. The van der Waals surface area contributed by atoms with Crippen molar-refractivity contribution in [3.05, 3.63) is 107 Å². The number of halogens is 1. The van der Waals surface area contributed by atoms with E-state index in [9.17, 15) is 4.79 Å². The molecule has 0 unspecified atom stereocenters. The van der Waals surface area contributed by atoms with Crippen molar-refractivity contribution in [3.8, 4) is 5.75 Å². The van der Waals surface area contributed by atoms with Gasteiger partial charge in [0.05, 0.1) is 28.9 Å². The van der Waals surface area contributed by atoms with Gasteiger partial charge >= 0.3 is 0 Å². The Balaban J connectivity index is 1.35. The number of rotatable bonds is 9. The van der Waals surface area contributed by atoms with Crippen LogP contribution in [0.15, 0.2) is 96.2 Å². The summed E-state index contributed by atoms with van der Waals surface area (Å²) < 4.78 is 8.62. The van der Waals surface area contributed by atoms with E-state index in [4.69, 9.17) is 26.3 Å². The summed E-state index contributed by atoms with van der Waals surface area (Å²) in [5.74, 6) is 1.51. The van der Waals surface area contributed by atoms with E-state index >= 15 is 0 Å². The minimum absolute atomic E-state index is 0.162. The molecule has 0 aliphatic carbocycles. The second-order valence-electron chi connectivity index (χ2n) is 8.15. The maximum Gasteiger partial charge on any atom is 0.251 e. The molecule has 0 aliphatic heterocycles. The first kappa shape index (κ1) is 25.3. The number of aromatic nitrogens is 3. The van der Waals surface area contributed by atoms with Crippen molar-refractivity contribution in [1.82, 2.24) is 20.3 Å². The second kappa shape index (κ2) is 11.8. The number of para-hydroxylation sites is 2. The minimum Gasteiger partial charge on any atom is -0.497 e. The number of hydrogen-bond donors (Lipinski definition) is 3. The number of ether oxygens (including phenoxy) is 1. The number of methoxy groups -OCH3 is 1. The number of hydrogen-bond acceptors (Lipinski definition) is 8. The number of nitrogens with zero attached hydrogens (tertiary/aromatic N) is 3. The van der Waals surface area contributed by atoms with Gasteiger partial charge in [0, 0.05) is 35.5 Å². The Kier molecular flexibility index (Phi) is 7.86. The van der Waals surface area contributed by atoms with E-state index in [0.29, 0.717) is 40.2 Å². The SMILES string of the molecule is COc1ccc(Cl)c(Nc2nc3ccccc3nc2NSc2cccc(C(=O)NCc3ccncc3)c2)c1. The molecule has 3 aromatic carbocycles. The lowest BCUT2D eigenvalue weighted by Gasteiger charge is -2.14. The van der Waals surface area contributed by atoms with Crippen molar-refractivity contribution < 1.29 is 9.53 Å². The number of carbonyl (C=O) groups is 1. The molecule has 0 atom stereocenters. The van der Waals surface area contributed by atoms with Crippen LogP contribution in [0.4, 0.5) is 17.3 Å². The number of fused-ring (bicyclic) bond motifs is 1. The van der Waals surface area contributed by atoms with E-state index in [1.807, 2.05) is 54.6 Å². The smallest absolute Gasteiger partial charge is 0.251 e. The number of carbonyl (C=O) groups excluding carboxylic acids is 1. The molecule has 3 N–H and O–H groups in total. The topological polar surface area (TPSA) is 101 Å². The molecule has 10 heteroatoms. The number of amides is 1. The van der Waals surface area contributed by atoms with Crippen molar-refractivity contribution >= 4 is 57.8 Å². The molecular weight excluding hydrogens is 520 g/mol. The van der Waals surface area contributed by atoms with Gasteiger partial charge in [-0.05, 0) is 72.1 Å². The Hall–Kier alpha value is -4.34. The first-order valence-electron chi connectivity index (χ1n) is 11.7. The molecule has 0 saturated carbocycles. The quantitative estimate of drug-likeness (QED) is 0.182. The van der Waals surface area contributed by atoms with Crippen LogP contribution in [0.25, 0.3) is 11.0 Å². The summed E-state index contributed by atoms with van der Waals surface area (Å²) >= 11 is 7.75. The Morgan fingerprint density at radius 3 is 2.45 bits per heavy atom. The zero-order valence-corrected chi connectivity index (χ0v) is 21.9. The van der Waals surface area contributed by atoms with E-state index in [0.717, 1.165) is 21.5 Å². The molecule has 0 bridgehead atoms. The molecule has 2 aromatic heterocycles. The fourth-order valence-corrected chi connectivity index (χ4v) is 4.46. The van der Waals surface area contributed by atoms with Crippen molar-refractivity contribution in [1.29, 1.82) is 0 Å². The van der Waals surface area contributed by atoms with Gasteiger partial charge in [-0.1, -0.05) is 29.8 Å². The summed E-state index contributed by atoms with van der Waals surface area (Å²) in [5, 5.41) is 6.73. The van der Waals surface area contributed by atoms with Gasteiger partial charge in [-0.3, -0.25) is 9.78 Å². The third-order valence-electron chi connectivity index (χ3n) is 5.56. The summed E-state index contributed by atoms with van der Waals surface area (Å²) in [7, 11) is 1.60. The molecular formula is C28H23ClN6O2S. The van der Waals surface area contributed by atoms with E-state index in [1.165, 1.54) is 11.9 Å². The number of benzene rings is 3. The molecule has 0 saturated heterocycles. The highest BCUT2D eigenvalue weighted by Crippen LogP contribution is 2.33. The van der Waals surface area contributed by atoms with Gasteiger partial charge in [0.15, 0.2) is 11.6 Å². The van der Waals surface area contributed by atoms with Crippen molar-refractivity contribution in [3.63, 3.8) is 0 Å². The predicted molar refractivity (Wildman–Crippen MR) is 152 cm³/mol. The van der Waals surface area contributed by atoms with Crippen LogP contribution in [0, 0.1) is 0 Å². The van der Waals surface area contributed by atoms with Gasteiger partial charge in [0.2, 0.25) is 0 Å². The van der Waals surface area contributed by atoms with Gasteiger partial charge in [-0.25, -0.2) is 9.97 Å². The van der Waals surface area contributed by atoms with E-state index in [1.54, 1.807) is 43.8 Å². The Labute approximate surface area is 229 Å². The summed E-state index contributed by atoms with van der Waals surface area (Å²) in [4.78, 5) is 27.1. The van der Waals surface area contributed by atoms with Gasteiger partial charge < -0.3 is 20.1 Å². The summed E-state index contributed by atoms with van der Waals surface area (Å²) in [5.41, 5.74) is 3.64. The van der Waals surface area contributed by atoms with Gasteiger partial charge in [-0.15, -0.1) is 0 Å². The average molecular weight is 543 g/mol. The summed E-state index contributed by atoms with van der Waals surface area (Å²) in [6, 6.07) is 24.0. The average Bonchev–Trinajstić information content (AvgIpc) is 2.96. The second-order valence-corrected chi connectivity index (χ2v) is 9.44. The number of nitrogens with one attached hydrogen (secondary N) is 3. The van der Waals surface area contributed by atoms with Crippen LogP contribution < -0.4 is 20.1 Å². The predicted octanol–water partition coefficient (Wildman–Crippen LogP) is 6.48. The van der Waals surface area contributed by atoms with Gasteiger partial charge in [0.25, 0.3) is 5.91 Å². The van der Waals surface area contributed by atoms with Gasteiger partial charge in [0.1, 0.15) is 5.75 Å². The van der Waals surface area contributed by atoms with Crippen LogP contribution in [0.3, 0.4) is 0 Å². The highest BCUT2D eigenvalue weighted by Gasteiger charge is 2.13. The fraction of sp³-hybridized carbons (Fsp3) is 0.0714. The fourth-order valence-electron chi connectivity index (χ4n) is 3.61. The molecule has 5 aromatic rings. The normalized spacial score (nSPS) is 10.7. The molecule has 0 fully saturated rings. The van der Waals surface area contributed by atoms with Crippen LogP contribution in [-0.4, -0.2) is 28.0 Å². The molecule has 1 amide bonds. The lowest BCUT2D eigenvalue weighted by molar-refractivity contribution is 0.0950. The number of anilines is 3. The maximum absolute atomic E-state index is 12.7. The molecule has 190 valence electrons. The molecule has 38 heavy (non-hydrogen) atoms. The van der Waals surface area contributed by atoms with Crippen LogP contribution in [0.1, 0.15) is 15.9 Å².